The molecule has 1 aliphatic heterocycles. The molecule has 24 heavy (non-hydrogen) atoms. The van der Waals surface area contributed by atoms with Crippen LogP contribution in [-0.2, 0) is 9.53 Å². The van der Waals surface area contributed by atoms with Gasteiger partial charge in [0.2, 0.25) is 5.91 Å². The van der Waals surface area contributed by atoms with Crippen molar-refractivity contribution in [2.75, 3.05) is 25.1 Å². The van der Waals surface area contributed by atoms with E-state index < -0.39 is 5.41 Å². The van der Waals surface area contributed by atoms with Crippen LogP contribution in [0.3, 0.4) is 0 Å². The van der Waals surface area contributed by atoms with Crippen molar-refractivity contribution in [1.29, 1.82) is 0 Å². The zero-order valence-electron chi connectivity index (χ0n) is 13.9. The Bertz CT molecular complexity index is 585. The molecule has 0 radical (unpaired) electrons. The van der Waals surface area contributed by atoms with Crippen molar-refractivity contribution >= 4 is 24.1 Å². The highest BCUT2D eigenvalue weighted by Gasteiger charge is 2.42. The van der Waals surface area contributed by atoms with Crippen LogP contribution >= 0.6 is 12.4 Å². The standard InChI is InChI=1S/C17H26N4O2.ClH/c18-10-17(3-5-23-6-4-17)16(22)19-15-9-14(20-21-15)13-8-11-1-2-12(13)7-11;/h9,11-13H,1-8,10,18H2,(H2,19,20,21,22);1H. The Kier molecular flexibility index (Phi) is 5.18. The molecule has 1 aromatic rings. The molecule has 3 fully saturated rings. The highest BCUT2D eigenvalue weighted by molar-refractivity contribution is 5.94. The van der Waals surface area contributed by atoms with Gasteiger partial charge in [0.1, 0.15) is 0 Å². The number of H-pyrrole nitrogens is 1. The molecule has 0 spiro atoms. The topological polar surface area (TPSA) is 93.0 Å². The number of nitrogens with zero attached hydrogens (tertiary/aromatic N) is 1. The number of nitrogens with two attached hydrogens (primary N) is 1. The van der Waals surface area contributed by atoms with Crippen molar-refractivity contribution in [3.8, 4) is 0 Å². The summed E-state index contributed by atoms with van der Waals surface area (Å²) in [5.74, 6) is 2.91. The fraction of sp³-hybridized carbons (Fsp3) is 0.765. The summed E-state index contributed by atoms with van der Waals surface area (Å²) in [5.41, 5.74) is 6.57. The number of rotatable bonds is 4. The van der Waals surface area contributed by atoms with Gasteiger partial charge in [0.25, 0.3) is 0 Å². The average Bonchev–Trinajstić information content (AvgIpc) is 3.31. The van der Waals surface area contributed by atoms with E-state index in [1.807, 2.05) is 6.07 Å². The van der Waals surface area contributed by atoms with Crippen LogP contribution in [0.15, 0.2) is 6.07 Å². The number of hydrogen-bond donors (Lipinski definition) is 3. The van der Waals surface area contributed by atoms with Crippen molar-refractivity contribution < 1.29 is 9.53 Å². The molecule has 3 unspecified atom stereocenters. The predicted octanol–water partition coefficient (Wildman–Crippen LogP) is 2.43. The second-order valence-electron chi connectivity index (χ2n) is 7.54. The number of carbonyl (C=O) groups excluding carboxylic acids is 1. The molecule has 1 saturated heterocycles. The number of ether oxygens (including phenoxy) is 1. The number of hydrogen-bond acceptors (Lipinski definition) is 4. The number of anilines is 1. The Hall–Kier alpha value is -1.11. The monoisotopic (exact) mass is 354 g/mol. The molecule has 3 aliphatic rings. The maximum Gasteiger partial charge on any atom is 0.233 e. The highest BCUT2D eigenvalue weighted by atomic mass is 35.5. The van der Waals surface area contributed by atoms with Gasteiger partial charge >= 0.3 is 0 Å². The van der Waals surface area contributed by atoms with Gasteiger partial charge in [0.05, 0.1) is 5.41 Å². The zero-order chi connectivity index (χ0) is 15.9. The molecule has 2 saturated carbocycles. The van der Waals surface area contributed by atoms with Crippen molar-refractivity contribution in [3.05, 3.63) is 11.8 Å². The second kappa shape index (κ2) is 7.02. The predicted molar refractivity (Wildman–Crippen MR) is 94.2 cm³/mol. The molecule has 4 N–H and O–H groups in total. The third kappa shape index (κ3) is 3.07. The van der Waals surface area contributed by atoms with Crippen LogP contribution in [0.25, 0.3) is 0 Å². The quantitative estimate of drug-likeness (QED) is 0.774. The van der Waals surface area contributed by atoms with Gasteiger partial charge < -0.3 is 15.8 Å². The van der Waals surface area contributed by atoms with E-state index >= 15 is 0 Å². The highest BCUT2D eigenvalue weighted by Crippen LogP contribution is 2.52. The molecule has 0 aromatic carbocycles. The lowest BCUT2D eigenvalue weighted by atomic mass is 9.79. The average molecular weight is 355 g/mol. The summed E-state index contributed by atoms with van der Waals surface area (Å²) in [5, 5.41) is 10.4. The molecule has 1 aromatic heterocycles. The van der Waals surface area contributed by atoms with E-state index in [9.17, 15) is 4.79 Å². The number of nitrogens with one attached hydrogen (secondary N) is 2. The van der Waals surface area contributed by atoms with E-state index in [1.165, 1.54) is 31.4 Å². The van der Waals surface area contributed by atoms with E-state index in [2.05, 4.69) is 15.5 Å². The molecule has 1 amide bonds. The lowest BCUT2D eigenvalue weighted by Crippen LogP contribution is -2.46. The number of halogens is 1. The smallest absolute Gasteiger partial charge is 0.233 e. The fourth-order valence-corrected chi connectivity index (χ4v) is 4.75. The first-order valence-corrected chi connectivity index (χ1v) is 8.85. The molecule has 134 valence electrons. The van der Waals surface area contributed by atoms with E-state index in [-0.39, 0.29) is 18.3 Å². The van der Waals surface area contributed by atoms with E-state index in [0.717, 1.165) is 11.8 Å². The third-order valence-corrected chi connectivity index (χ3v) is 6.30. The molecule has 2 aliphatic carbocycles. The molecule has 7 heteroatoms. The summed E-state index contributed by atoms with van der Waals surface area (Å²) in [4.78, 5) is 12.7. The number of aromatic amines is 1. The normalized spacial score (nSPS) is 30.8. The first kappa shape index (κ1) is 17.7. The van der Waals surface area contributed by atoms with Gasteiger partial charge in [-0.1, -0.05) is 6.42 Å². The Morgan fingerprint density at radius 2 is 2.17 bits per heavy atom. The maximum atomic E-state index is 12.7. The van der Waals surface area contributed by atoms with E-state index in [4.69, 9.17) is 10.5 Å². The van der Waals surface area contributed by atoms with Crippen LogP contribution in [0.1, 0.15) is 50.1 Å². The van der Waals surface area contributed by atoms with Crippen LogP contribution in [0.5, 0.6) is 0 Å². The van der Waals surface area contributed by atoms with Gasteiger partial charge in [-0.05, 0) is 43.9 Å². The fourth-order valence-electron chi connectivity index (χ4n) is 4.75. The summed E-state index contributed by atoms with van der Waals surface area (Å²) in [6.07, 6.45) is 6.72. The second-order valence-corrected chi connectivity index (χ2v) is 7.54. The molecule has 2 heterocycles. The Labute approximate surface area is 148 Å². The van der Waals surface area contributed by atoms with Crippen molar-refractivity contribution in [3.63, 3.8) is 0 Å². The van der Waals surface area contributed by atoms with Crippen LogP contribution in [0.2, 0.25) is 0 Å². The third-order valence-electron chi connectivity index (χ3n) is 6.30. The summed E-state index contributed by atoms with van der Waals surface area (Å²) in [6.45, 7) is 1.55. The van der Waals surface area contributed by atoms with Gasteiger partial charge in [0, 0.05) is 37.4 Å². The molecule has 3 atom stereocenters. The van der Waals surface area contributed by atoms with E-state index in [1.54, 1.807) is 0 Å². The molecular weight excluding hydrogens is 328 g/mol. The number of amides is 1. The van der Waals surface area contributed by atoms with Crippen molar-refractivity contribution in [2.45, 2.75) is 44.4 Å². The van der Waals surface area contributed by atoms with Crippen LogP contribution in [-0.4, -0.2) is 35.9 Å². The van der Waals surface area contributed by atoms with Gasteiger partial charge in [-0.25, -0.2) is 0 Å². The first-order valence-electron chi connectivity index (χ1n) is 8.85. The maximum absolute atomic E-state index is 12.7. The summed E-state index contributed by atoms with van der Waals surface area (Å²) < 4.78 is 5.37. The first-order chi connectivity index (χ1) is 11.2. The van der Waals surface area contributed by atoms with Crippen LogP contribution < -0.4 is 11.1 Å². The largest absolute Gasteiger partial charge is 0.381 e. The molecule has 6 nitrogen and oxygen atoms in total. The van der Waals surface area contributed by atoms with Gasteiger partial charge in [0.15, 0.2) is 5.82 Å². The van der Waals surface area contributed by atoms with Gasteiger partial charge in [-0.15, -0.1) is 12.4 Å². The minimum Gasteiger partial charge on any atom is -0.381 e. The minimum absolute atomic E-state index is 0. The lowest BCUT2D eigenvalue weighted by molar-refractivity contribution is -0.130. The summed E-state index contributed by atoms with van der Waals surface area (Å²) in [7, 11) is 0. The number of aromatic nitrogens is 2. The summed E-state index contributed by atoms with van der Waals surface area (Å²) in [6, 6.07) is 2.02. The summed E-state index contributed by atoms with van der Waals surface area (Å²) >= 11 is 0. The van der Waals surface area contributed by atoms with Crippen molar-refractivity contribution in [1.82, 2.24) is 10.2 Å². The Balaban J connectivity index is 0.00000169. The lowest BCUT2D eigenvalue weighted by Gasteiger charge is -2.34. The van der Waals surface area contributed by atoms with Crippen LogP contribution in [0, 0.1) is 17.3 Å². The minimum atomic E-state index is -0.510. The Morgan fingerprint density at radius 1 is 1.38 bits per heavy atom. The van der Waals surface area contributed by atoms with Gasteiger partial charge in [-0.3, -0.25) is 9.89 Å². The van der Waals surface area contributed by atoms with E-state index in [0.29, 0.717) is 44.3 Å². The molecular formula is C17H27ClN4O2. The Morgan fingerprint density at radius 3 is 2.79 bits per heavy atom. The zero-order valence-corrected chi connectivity index (χ0v) is 14.7. The number of fused-ring (bicyclic) bond motifs is 2. The van der Waals surface area contributed by atoms with Gasteiger partial charge in [-0.2, -0.15) is 5.10 Å². The SMILES string of the molecule is Cl.NCC1(C(=O)Nc2cc(C3CC4CCC3C4)[nH]n2)CCOCC1. The molecule has 4 rings (SSSR count). The number of carbonyl (C=O) groups is 1. The van der Waals surface area contributed by atoms with Crippen LogP contribution in [0.4, 0.5) is 5.82 Å². The molecule has 2 bridgehead atoms. The van der Waals surface area contributed by atoms with Crippen molar-refractivity contribution in [2.24, 2.45) is 23.0 Å².